The molecule has 0 aliphatic carbocycles. The number of aromatic hydroxyl groups is 2. The minimum Gasteiger partial charge on any atom is -0.508 e. The first-order chi connectivity index (χ1) is 28.3. The molecule has 2 aromatic heterocycles. The first-order valence-electron chi connectivity index (χ1n) is 18.8. The number of H-pyrrole nitrogens is 2. The normalized spacial score (nSPS) is 11.3. The Morgan fingerprint density at radius 1 is 0.542 bits per heavy atom. The average molecular weight is 793 g/mol. The fourth-order valence-corrected chi connectivity index (χ4v) is 7.33. The third kappa shape index (κ3) is 7.95. The number of carbonyl (C=O) groups excluding carboxylic acids is 2. The van der Waals surface area contributed by atoms with Gasteiger partial charge in [-0.15, -0.1) is 0 Å². The van der Waals surface area contributed by atoms with Gasteiger partial charge in [0.05, 0.1) is 0 Å². The van der Waals surface area contributed by atoms with Crippen molar-refractivity contribution in [3.05, 3.63) is 177 Å². The summed E-state index contributed by atoms with van der Waals surface area (Å²) < 4.78 is 44.9. The molecule has 0 fully saturated rings. The lowest BCUT2D eigenvalue weighted by molar-refractivity contribution is 0.0390. The average Bonchev–Trinajstić information content (AvgIpc) is 3.84. The summed E-state index contributed by atoms with van der Waals surface area (Å²) in [7, 11) is 0. The summed E-state index contributed by atoms with van der Waals surface area (Å²) >= 11 is 0. The Morgan fingerprint density at radius 2 is 0.932 bits per heavy atom. The predicted molar refractivity (Wildman–Crippen MR) is 220 cm³/mol. The van der Waals surface area contributed by atoms with Crippen molar-refractivity contribution < 1.29 is 42.8 Å². The smallest absolute Gasteiger partial charge is 0.362 e. The number of phenolic OH excluding ortho intramolecular Hbond substituents is 2. The van der Waals surface area contributed by atoms with E-state index in [9.17, 15) is 28.6 Å². The van der Waals surface area contributed by atoms with E-state index in [0.29, 0.717) is 68.8 Å². The van der Waals surface area contributed by atoms with Crippen LogP contribution in [0.4, 0.5) is 8.78 Å². The van der Waals surface area contributed by atoms with Crippen LogP contribution in [0, 0.1) is 39.3 Å². The quantitative estimate of drug-likeness (QED) is 0.0800. The minimum atomic E-state index is -0.867. The number of ether oxygens (including phenoxy) is 3. The Kier molecular flexibility index (Phi) is 10.1. The fourth-order valence-electron chi connectivity index (χ4n) is 7.33. The summed E-state index contributed by atoms with van der Waals surface area (Å²) in [5.41, 5.74) is 7.37. The molecule has 0 unspecified atom stereocenters. The van der Waals surface area contributed by atoms with Crippen LogP contribution in [0.5, 0.6) is 34.5 Å². The van der Waals surface area contributed by atoms with Crippen LogP contribution in [0.2, 0.25) is 0 Å². The zero-order chi connectivity index (χ0) is 41.5. The molecular weight excluding hydrogens is 755 g/mol. The van der Waals surface area contributed by atoms with Crippen LogP contribution in [0.1, 0.15) is 65.5 Å². The summed E-state index contributed by atoms with van der Waals surface area (Å²) in [6.07, 6.45) is 0.749. The molecular formula is C48H38F2N2O7. The van der Waals surface area contributed by atoms with E-state index in [2.05, 4.69) is 9.97 Å². The van der Waals surface area contributed by atoms with Crippen molar-refractivity contribution in [2.75, 3.05) is 0 Å². The van der Waals surface area contributed by atoms with Gasteiger partial charge in [0.1, 0.15) is 57.5 Å². The molecule has 0 amide bonds. The van der Waals surface area contributed by atoms with Gasteiger partial charge in [-0.2, -0.15) is 0 Å². The number of aromatic amines is 2. The number of esters is 2. The van der Waals surface area contributed by atoms with Gasteiger partial charge in [0.15, 0.2) is 0 Å². The number of fused-ring (bicyclic) bond motifs is 2. The van der Waals surface area contributed by atoms with E-state index in [-0.39, 0.29) is 34.5 Å². The number of aryl methyl sites for hydroxylation is 4. The lowest BCUT2D eigenvalue weighted by atomic mass is 10.0. The number of hydrogen-bond donors (Lipinski definition) is 4. The highest BCUT2D eigenvalue weighted by atomic mass is 19.1. The monoisotopic (exact) mass is 792 g/mol. The van der Waals surface area contributed by atoms with E-state index in [1.807, 2.05) is 39.8 Å². The second kappa shape index (κ2) is 15.5. The van der Waals surface area contributed by atoms with Gasteiger partial charge < -0.3 is 34.4 Å². The molecule has 9 nitrogen and oxygen atoms in total. The molecule has 6 aromatic carbocycles. The van der Waals surface area contributed by atoms with Crippen molar-refractivity contribution in [3.8, 4) is 34.5 Å². The Morgan fingerprint density at radius 3 is 1.32 bits per heavy atom. The molecule has 0 spiro atoms. The number of rotatable bonds is 10. The second-order valence-corrected chi connectivity index (χ2v) is 14.7. The van der Waals surface area contributed by atoms with Gasteiger partial charge in [-0.25, -0.2) is 18.4 Å². The fraction of sp³-hybridized carbons (Fsp3) is 0.125. The first-order valence-corrected chi connectivity index (χ1v) is 18.8. The zero-order valence-corrected chi connectivity index (χ0v) is 32.5. The summed E-state index contributed by atoms with van der Waals surface area (Å²) in [5, 5.41) is 22.4. The molecule has 0 saturated heterocycles. The van der Waals surface area contributed by atoms with Gasteiger partial charge in [0, 0.05) is 56.9 Å². The Balaban J connectivity index is 0.983. The number of benzene rings is 6. The SMILES string of the molecule is Cc1cc2[nH]c(C(=O)OC(=O)c3cc4c(C)c(Oc5ccc(O)c(Cc6ccc(F)cc6)c5)c(C)cc4[nH]3)cc2c(C)c1Oc1ccc(O)c(Cc2ccc(F)cc2)c1. The maximum Gasteiger partial charge on any atom is 0.362 e. The summed E-state index contributed by atoms with van der Waals surface area (Å²) in [6.45, 7) is 7.47. The molecule has 8 rings (SSSR count). The molecule has 0 aliphatic rings. The molecule has 0 aliphatic heterocycles. The van der Waals surface area contributed by atoms with Crippen molar-refractivity contribution in [1.29, 1.82) is 0 Å². The standard InChI is InChI=1S/C48H38F2N2O7/c1-25-17-39-37(27(3)45(25)57-35-13-15-43(53)31(21-35)19-29-5-9-33(49)10-6-29)23-41(51-39)47(55)59-48(56)42-24-38-28(4)46(26(2)18-40(38)52-42)58-36-14-16-44(54)32(22-36)20-30-7-11-34(50)12-8-30/h5-18,21-24,51-54H,19-20H2,1-4H3. The molecule has 296 valence electrons. The maximum atomic E-state index is 13.4. The highest BCUT2D eigenvalue weighted by molar-refractivity contribution is 6.06. The van der Waals surface area contributed by atoms with Crippen LogP contribution in [0.3, 0.4) is 0 Å². The summed E-state index contributed by atoms with van der Waals surface area (Å²) in [5.74, 6) is -0.129. The Bertz CT molecular complexity index is 2730. The van der Waals surface area contributed by atoms with Gasteiger partial charge in [-0.3, -0.25) is 0 Å². The maximum absolute atomic E-state index is 13.4. The van der Waals surface area contributed by atoms with Crippen molar-refractivity contribution in [3.63, 3.8) is 0 Å². The molecule has 0 atom stereocenters. The molecule has 4 N–H and O–H groups in total. The van der Waals surface area contributed by atoms with Crippen molar-refractivity contribution in [2.45, 2.75) is 40.5 Å². The van der Waals surface area contributed by atoms with Crippen LogP contribution in [-0.2, 0) is 17.6 Å². The zero-order valence-electron chi connectivity index (χ0n) is 32.5. The van der Waals surface area contributed by atoms with Crippen LogP contribution in [0.15, 0.2) is 109 Å². The predicted octanol–water partition coefficient (Wildman–Crippen LogP) is 11.3. The van der Waals surface area contributed by atoms with Crippen LogP contribution in [0.25, 0.3) is 21.8 Å². The number of halogens is 2. The minimum absolute atomic E-state index is 0.0748. The van der Waals surface area contributed by atoms with E-state index in [1.54, 1.807) is 72.8 Å². The number of carbonyl (C=O) groups is 2. The van der Waals surface area contributed by atoms with E-state index < -0.39 is 11.9 Å². The highest BCUT2D eigenvalue weighted by Gasteiger charge is 2.23. The van der Waals surface area contributed by atoms with Gasteiger partial charge >= 0.3 is 11.9 Å². The van der Waals surface area contributed by atoms with Crippen molar-refractivity contribution in [1.82, 2.24) is 9.97 Å². The summed E-state index contributed by atoms with van der Waals surface area (Å²) in [4.78, 5) is 32.9. The molecule has 2 heterocycles. The summed E-state index contributed by atoms with van der Waals surface area (Å²) in [6, 6.07) is 28.9. The van der Waals surface area contributed by atoms with E-state index in [0.717, 1.165) is 33.4 Å². The second-order valence-electron chi connectivity index (χ2n) is 14.7. The topological polar surface area (TPSA) is 134 Å². The van der Waals surface area contributed by atoms with Gasteiger partial charge in [0.2, 0.25) is 0 Å². The number of aromatic nitrogens is 2. The Hall–Kier alpha value is -7.40. The van der Waals surface area contributed by atoms with Gasteiger partial charge in [-0.05, 0) is 135 Å². The van der Waals surface area contributed by atoms with Crippen LogP contribution >= 0.6 is 0 Å². The number of hydrogen-bond acceptors (Lipinski definition) is 7. The molecule has 59 heavy (non-hydrogen) atoms. The largest absolute Gasteiger partial charge is 0.508 e. The Labute approximate surface area is 337 Å². The first kappa shape index (κ1) is 38.5. The third-order valence-electron chi connectivity index (χ3n) is 10.4. The third-order valence-corrected chi connectivity index (χ3v) is 10.4. The molecule has 0 saturated carbocycles. The lowest BCUT2D eigenvalue weighted by Crippen LogP contribution is -2.13. The van der Waals surface area contributed by atoms with Crippen LogP contribution in [-0.4, -0.2) is 32.1 Å². The molecule has 0 bridgehead atoms. The van der Waals surface area contributed by atoms with Crippen LogP contribution < -0.4 is 9.47 Å². The van der Waals surface area contributed by atoms with Crippen molar-refractivity contribution >= 4 is 33.7 Å². The number of phenols is 2. The molecule has 11 heteroatoms. The van der Waals surface area contributed by atoms with Gasteiger partial charge in [-0.1, -0.05) is 24.3 Å². The van der Waals surface area contributed by atoms with Crippen molar-refractivity contribution in [2.24, 2.45) is 0 Å². The van der Waals surface area contributed by atoms with Gasteiger partial charge in [0.25, 0.3) is 0 Å². The number of nitrogens with one attached hydrogen (secondary N) is 2. The van der Waals surface area contributed by atoms with E-state index in [4.69, 9.17) is 14.2 Å². The lowest BCUT2D eigenvalue weighted by Gasteiger charge is -2.14. The van der Waals surface area contributed by atoms with E-state index >= 15 is 0 Å². The molecule has 8 aromatic rings. The highest BCUT2D eigenvalue weighted by Crippen LogP contribution is 2.38. The molecule has 0 radical (unpaired) electrons. The van der Waals surface area contributed by atoms with E-state index in [1.165, 1.54) is 24.3 Å².